The van der Waals surface area contributed by atoms with Crippen molar-refractivity contribution in [1.82, 2.24) is 19.9 Å². The van der Waals surface area contributed by atoms with Crippen LogP contribution in [0.1, 0.15) is 28.2 Å². The number of amides is 1. The molecule has 28 heavy (non-hydrogen) atoms. The van der Waals surface area contributed by atoms with Gasteiger partial charge in [-0.2, -0.15) is 0 Å². The first kappa shape index (κ1) is 17.9. The standard InChI is InChI=1S/C23H22N4O/c28-23(19-11-6-14-24-16-19)25-17-22-26-20-12-4-5-13-21(20)27(22)15-7-10-18-8-2-1-3-9-18/h1-6,8-9,11-14,16H,7,10,15,17H2,(H,25,28). The highest BCUT2D eigenvalue weighted by Gasteiger charge is 2.12. The molecule has 5 heteroatoms. The van der Waals surface area contributed by atoms with E-state index in [9.17, 15) is 4.79 Å². The van der Waals surface area contributed by atoms with E-state index in [0.717, 1.165) is 36.2 Å². The number of rotatable bonds is 7. The molecule has 0 aliphatic heterocycles. The molecule has 4 rings (SSSR count). The maximum Gasteiger partial charge on any atom is 0.253 e. The number of carbonyl (C=O) groups is 1. The van der Waals surface area contributed by atoms with E-state index >= 15 is 0 Å². The number of carbonyl (C=O) groups excluding carboxylic acids is 1. The topological polar surface area (TPSA) is 59.8 Å². The van der Waals surface area contributed by atoms with Crippen LogP contribution in [0.5, 0.6) is 0 Å². The zero-order valence-electron chi connectivity index (χ0n) is 15.6. The van der Waals surface area contributed by atoms with E-state index in [2.05, 4.69) is 45.2 Å². The Kier molecular flexibility index (Phi) is 5.43. The number of aryl methyl sites for hydroxylation is 2. The quantitative estimate of drug-likeness (QED) is 0.535. The fourth-order valence-corrected chi connectivity index (χ4v) is 3.35. The Bertz CT molecular complexity index is 1060. The summed E-state index contributed by atoms with van der Waals surface area (Å²) in [5.74, 6) is 0.725. The Morgan fingerprint density at radius 3 is 2.61 bits per heavy atom. The van der Waals surface area contributed by atoms with Gasteiger partial charge in [-0.3, -0.25) is 9.78 Å². The van der Waals surface area contributed by atoms with Crippen molar-refractivity contribution >= 4 is 16.9 Å². The molecule has 2 aromatic carbocycles. The third-order valence-electron chi connectivity index (χ3n) is 4.75. The van der Waals surface area contributed by atoms with E-state index in [1.54, 1.807) is 24.5 Å². The summed E-state index contributed by atoms with van der Waals surface area (Å²) in [6.07, 6.45) is 5.24. The van der Waals surface area contributed by atoms with Crippen molar-refractivity contribution in [3.05, 3.63) is 96.1 Å². The van der Waals surface area contributed by atoms with Gasteiger partial charge in [0, 0.05) is 18.9 Å². The molecule has 140 valence electrons. The van der Waals surface area contributed by atoms with Crippen LogP contribution in [0.3, 0.4) is 0 Å². The van der Waals surface area contributed by atoms with Crippen LogP contribution in [0.4, 0.5) is 0 Å². The molecule has 0 radical (unpaired) electrons. The van der Waals surface area contributed by atoms with Gasteiger partial charge >= 0.3 is 0 Å². The Hall–Kier alpha value is -3.47. The van der Waals surface area contributed by atoms with Crippen molar-refractivity contribution in [1.29, 1.82) is 0 Å². The molecule has 0 spiro atoms. The molecule has 2 heterocycles. The normalized spacial score (nSPS) is 10.9. The lowest BCUT2D eigenvalue weighted by atomic mass is 10.1. The van der Waals surface area contributed by atoms with Crippen molar-refractivity contribution in [3.8, 4) is 0 Å². The zero-order chi connectivity index (χ0) is 19.2. The molecule has 0 aliphatic carbocycles. The monoisotopic (exact) mass is 370 g/mol. The minimum Gasteiger partial charge on any atom is -0.345 e. The van der Waals surface area contributed by atoms with Gasteiger partial charge in [-0.05, 0) is 42.7 Å². The largest absolute Gasteiger partial charge is 0.345 e. The van der Waals surface area contributed by atoms with Crippen LogP contribution in [0.15, 0.2) is 79.1 Å². The lowest BCUT2D eigenvalue weighted by Gasteiger charge is -2.10. The summed E-state index contributed by atoms with van der Waals surface area (Å²) >= 11 is 0. The van der Waals surface area contributed by atoms with Crippen LogP contribution in [0, 0.1) is 0 Å². The number of benzene rings is 2. The molecule has 0 bridgehead atoms. The van der Waals surface area contributed by atoms with Gasteiger partial charge in [0.25, 0.3) is 5.91 Å². The Balaban J connectivity index is 1.49. The minimum atomic E-state index is -0.143. The van der Waals surface area contributed by atoms with Gasteiger partial charge < -0.3 is 9.88 Å². The van der Waals surface area contributed by atoms with Gasteiger partial charge in [-0.25, -0.2) is 4.98 Å². The van der Waals surface area contributed by atoms with Gasteiger partial charge in [0.05, 0.1) is 23.1 Å². The van der Waals surface area contributed by atoms with Gasteiger partial charge in [-0.15, -0.1) is 0 Å². The summed E-state index contributed by atoms with van der Waals surface area (Å²) in [5.41, 5.74) is 3.93. The van der Waals surface area contributed by atoms with Crippen molar-refractivity contribution in [2.24, 2.45) is 0 Å². The second-order valence-corrected chi connectivity index (χ2v) is 6.68. The van der Waals surface area contributed by atoms with Crippen molar-refractivity contribution in [2.45, 2.75) is 25.9 Å². The molecule has 0 atom stereocenters. The number of fused-ring (bicyclic) bond motifs is 1. The van der Waals surface area contributed by atoms with Crippen molar-refractivity contribution in [2.75, 3.05) is 0 Å². The maximum absolute atomic E-state index is 12.4. The molecule has 1 N–H and O–H groups in total. The van der Waals surface area contributed by atoms with Crippen LogP contribution >= 0.6 is 0 Å². The van der Waals surface area contributed by atoms with Gasteiger partial charge in [0.15, 0.2) is 0 Å². The molecular formula is C23H22N4O. The summed E-state index contributed by atoms with van der Waals surface area (Å²) in [7, 11) is 0. The highest BCUT2D eigenvalue weighted by molar-refractivity contribution is 5.93. The number of hydrogen-bond acceptors (Lipinski definition) is 3. The Morgan fingerprint density at radius 1 is 0.964 bits per heavy atom. The summed E-state index contributed by atoms with van der Waals surface area (Å²) in [6, 6.07) is 22.1. The lowest BCUT2D eigenvalue weighted by molar-refractivity contribution is 0.0949. The van der Waals surface area contributed by atoms with Crippen LogP contribution in [0.2, 0.25) is 0 Å². The fourth-order valence-electron chi connectivity index (χ4n) is 3.35. The minimum absolute atomic E-state index is 0.143. The molecule has 0 unspecified atom stereocenters. The summed E-state index contributed by atoms with van der Waals surface area (Å²) in [6.45, 7) is 1.24. The Labute approximate surface area is 164 Å². The number of nitrogens with one attached hydrogen (secondary N) is 1. The molecule has 1 amide bonds. The summed E-state index contributed by atoms with van der Waals surface area (Å²) in [5, 5.41) is 2.96. The first-order valence-corrected chi connectivity index (χ1v) is 9.47. The second kappa shape index (κ2) is 8.48. The highest BCUT2D eigenvalue weighted by atomic mass is 16.1. The van der Waals surface area contributed by atoms with Gasteiger partial charge in [0.1, 0.15) is 5.82 Å². The van der Waals surface area contributed by atoms with E-state index in [4.69, 9.17) is 4.98 Å². The molecule has 0 aliphatic rings. The summed E-state index contributed by atoms with van der Waals surface area (Å²) < 4.78 is 2.21. The van der Waals surface area contributed by atoms with E-state index in [0.29, 0.717) is 12.1 Å². The first-order chi connectivity index (χ1) is 13.8. The van der Waals surface area contributed by atoms with Crippen LogP contribution < -0.4 is 5.32 Å². The smallest absolute Gasteiger partial charge is 0.253 e. The van der Waals surface area contributed by atoms with Gasteiger partial charge in [-0.1, -0.05) is 42.5 Å². The van der Waals surface area contributed by atoms with E-state index in [1.807, 2.05) is 24.3 Å². The third-order valence-corrected chi connectivity index (χ3v) is 4.75. The fraction of sp³-hybridized carbons (Fsp3) is 0.174. The molecule has 4 aromatic rings. The van der Waals surface area contributed by atoms with Crippen molar-refractivity contribution < 1.29 is 4.79 Å². The predicted octanol–water partition coefficient (Wildman–Crippen LogP) is 3.99. The number of imidazole rings is 1. The molecule has 2 aromatic heterocycles. The Morgan fingerprint density at radius 2 is 1.79 bits per heavy atom. The van der Waals surface area contributed by atoms with Crippen molar-refractivity contribution in [3.63, 3.8) is 0 Å². The first-order valence-electron chi connectivity index (χ1n) is 9.47. The molecule has 5 nitrogen and oxygen atoms in total. The average molecular weight is 370 g/mol. The summed E-state index contributed by atoms with van der Waals surface area (Å²) in [4.78, 5) is 21.1. The van der Waals surface area contributed by atoms with Crippen LogP contribution in [-0.4, -0.2) is 20.4 Å². The number of aromatic nitrogens is 3. The molecule has 0 saturated carbocycles. The van der Waals surface area contributed by atoms with Crippen LogP contribution in [0.25, 0.3) is 11.0 Å². The number of pyridine rings is 1. The number of hydrogen-bond donors (Lipinski definition) is 1. The van der Waals surface area contributed by atoms with Gasteiger partial charge in [0.2, 0.25) is 0 Å². The van der Waals surface area contributed by atoms with Crippen LogP contribution in [-0.2, 0) is 19.5 Å². The average Bonchev–Trinajstić information content (AvgIpc) is 3.11. The molecule has 0 saturated heterocycles. The second-order valence-electron chi connectivity index (χ2n) is 6.68. The molecule has 0 fully saturated rings. The molecular weight excluding hydrogens is 348 g/mol. The number of para-hydroxylation sites is 2. The number of nitrogens with zero attached hydrogens (tertiary/aromatic N) is 3. The van der Waals surface area contributed by atoms with E-state index in [-0.39, 0.29) is 5.91 Å². The lowest BCUT2D eigenvalue weighted by Crippen LogP contribution is -2.25. The van der Waals surface area contributed by atoms with E-state index < -0.39 is 0 Å². The maximum atomic E-state index is 12.4. The highest BCUT2D eigenvalue weighted by Crippen LogP contribution is 2.17. The predicted molar refractivity (Wildman–Crippen MR) is 110 cm³/mol. The zero-order valence-corrected chi connectivity index (χ0v) is 15.6. The SMILES string of the molecule is O=C(NCc1nc2ccccc2n1CCCc1ccccc1)c1cccnc1. The van der Waals surface area contributed by atoms with E-state index in [1.165, 1.54) is 5.56 Å². The third kappa shape index (κ3) is 4.09.